The zero-order valence-corrected chi connectivity index (χ0v) is 14.7. The van der Waals surface area contributed by atoms with Crippen LogP contribution in [0.5, 0.6) is 5.75 Å². The largest absolute Gasteiger partial charge is 0.497 e. The molecular formula is C23H20N2O. The molecule has 3 aromatic carbocycles. The monoisotopic (exact) mass is 340 g/mol. The smallest absolute Gasteiger partial charge is 0.140 e. The molecule has 0 radical (unpaired) electrons. The maximum absolute atomic E-state index is 5.28. The third-order valence-corrected chi connectivity index (χ3v) is 4.46. The second-order valence-electron chi connectivity index (χ2n) is 6.13. The molecule has 0 bridgehead atoms. The Morgan fingerprint density at radius 3 is 2.08 bits per heavy atom. The van der Waals surface area contributed by atoms with Crippen LogP contribution >= 0.6 is 0 Å². The van der Waals surface area contributed by atoms with Gasteiger partial charge in [0.1, 0.15) is 11.6 Å². The third-order valence-electron chi connectivity index (χ3n) is 4.46. The molecular weight excluding hydrogens is 320 g/mol. The Bertz CT molecular complexity index is 974. The number of ether oxygens (including phenoxy) is 1. The summed E-state index contributed by atoms with van der Waals surface area (Å²) in [5.41, 5.74) is 4.59. The van der Waals surface area contributed by atoms with E-state index in [0.717, 1.165) is 34.9 Å². The van der Waals surface area contributed by atoms with Crippen molar-refractivity contribution in [2.45, 2.75) is 6.54 Å². The molecule has 0 amide bonds. The minimum Gasteiger partial charge on any atom is -0.497 e. The van der Waals surface area contributed by atoms with Gasteiger partial charge in [0.25, 0.3) is 0 Å². The van der Waals surface area contributed by atoms with E-state index in [9.17, 15) is 0 Å². The average Bonchev–Trinajstić information content (AvgIpc) is 3.13. The lowest BCUT2D eigenvalue weighted by Gasteiger charge is -2.13. The van der Waals surface area contributed by atoms with Gasteiger partial charge in [0, 0.05) is 12.1 Å². The molecule has 26 heavy (non-hydrogen) atoms. The number of hydrogen-bond donors (Lipinski definition) is 0. The first-order chi connectivity index (χ1) is 12.8. The Morgan fingerprint density at radius 1 is 0.769 bits per heavy atom. The normalized spacial score (nSPS) is 10.7. The van der Waals surface area contributed by atoms with Gasteiger partial charge in [-0.15, -0.1) is 0 Å². The Labute approximate surface area is 153 Å². The first-order valence-electron chi connectivity index (χ1n) is 8.64. The van der Waals surface area contributed by atoms with Crippen LogP contribution < -0.4 is 4.74 Å². The van der Waals surface area contributed by atoms with Crippen LogP contribution in [0.1, 0.15) is 5.56 Å². The van der Waals surface area contributed by atoms with Gasteiger partial charge in [0.15, 0.2) is 0 Å². The SMILES string of the molecule is COc1ccc(-c2ncc(-c3ccccc3)n2Cc2ccccc2)cc1. The Hall–Kier alpha value is -3.33. The van der Waals surface area contributed by atoms with Gasteiger partial charge in [0.05, 0.1) is 19.0 Å². The lowest BCUT2D eigenvalue weighted by atomic mass is 10.1. The topological polar surface area (TPSA) is 27.1 Å². The molecule has 3 heteroatoms. The van der Waals surface area contributed by atoms with E-state index < -0.39 is 0 Å². The molecule has 4 aromatic rings. The number of methoxy groups -OCH3 is 1. The molecule has 4 rings (SSSR count). The second-order valence-corrected chi connectivity index (χ2v) is 6.13. The molecule has 0 N–H and O–H groups in total. The summed E-state index contributed by atoms with van der Waals surface area (Å²) in [5.74, 6) is 1.80. The van der Waals surface area contributed by atoms with Crippen LogP contribution in [0.3, 0.4) is 0 Å². The molecule has 0 aliphatic carbocycles. The van der Waals surface area contributed by atoms with E-state index >= 15 is 0 Å². The molecule has 1 aromatic heterocycles. The molecule has 0 saturated heterocycles. The zero-order chi connectivity index (χ0) is 17.8. The van der Waals surface area contributed by atoms with Crippen LogP contribution in [0.25, 0.3) is 22.6 Å². The molecule has 128 valence electrons. The van der Waals surface area contributed by atoms with Gasteiger partial charge >= 0.3 is 0 Å². The summed E-state index contributed by atoms with van der Waals surface area (Å²) in [7, 11) is 1.68. The zero-order valence-electron chi connectivity index (χ0n) is 14.7. The lowest BCUT2D eigenvalue weighted by Crippen LogP contribution is -2.04. The third kappa shape index (κ3) is 3.24. The maximum Gasteiger partial charge on any atom is 0.140 e. The maximum atomic E-state index is 5.28. The Morgan fingerprint density at radius 2 is 1.42 bits per heavy atom. The van der Waals surface area contributed by atoms with Crippen LogP contribution in [0.4, 0.5) is 0 Å². The van der Waals surface area contributed by atoms with Crippen molar-refractivity contribution in [3.8, 4) is 28.4 Å². The molecule has 0 saturated carbocycles. The van der Waals surface area contributed by atoms with Gasteiger partial charge in [-0.1, -0.05) is 60.7 Å². The predicted octanol–water partition coefficient (Wildman–Crippen LogP) is 5.27. The van der Waals surface area contributed by atoms with E-state index in [0.29, 0.717) is 0 Å². The van der Waals surface area contributed by atoms with E-state index in [1.807, 2.05) is 30.5 Å². The lowest BCUT2D eigenvalue weighted by molar-refractivity contribution is 0.415. The van der Waals surface area contributed by atoms with Gasteiger partial charge < -0.3 is 9.30 Å². The molecule has 0 aliphatic rings. The first kappa shape index (κ1) is 16.2. The van der Waals surface area contributed by atoms with Gasteiger partial charge in [-0.25, -0.2) is 4.98 Å². The highest BCUT2D eigenvalue weighted by Gasteiger charge is 2.14. The number of imidazole rings is 1. The first-order valence-corrected chi connectivity index (χ1v) is 8.64. The number of nitrogens with zero attached hydrogens (tertiary/aromatic N) is 2. The van der Waals surface area contributed by atoms with Crippen LogP contribution in [-0.4, -0.2) is 16.7 Å². The van der Waals surface area contributed by atoms with Crippen LogP contribution in [0.2, 0.25) is 0 Å². The van der Waals surface area contributed by atoms with Crippen LogP contribution in [0.15, 0.2) is 91.1 Å². The van der Waals surface area contributed by atoms with Crippen molar-refractivity contribution in [1.29, 1.82) is 0 Å². The van der Waals surface area contributed by atoms with Gasteiger partial charge in [-0.2, -0.15) is 0 Å². The van der Waals surface area contributed by atoms with Crippen molar-refractivity contribution in [3.05, 3.63) is 96.7 Å². The average molecular weight is 340 g/mol. The highest BCUT2D eigenvalue weighted by Crippen LogP contribution is 2.28. The van der Waals surface area contributed by atoms with Crippen molar-refractivity contribution in [3.63, 3.8) is 0 Å². The quantitative estimate of drug-likeness (QED) is 0.494. The van der Waals surface area contributed by atoms with Crippen molar-refractivity contribution in [2.75, 3.05) is 7.11 Å². The fourth-order valence-electron chi connectivity index (χ4n) is 3.11. The highest BCUT2D eigenvalue weighted by atomic mass is 16.5. The van der Waals surface area contributed by atoms with E-state index in [4.69, 9.17) is 9.72 Å². The second kappa shape index (κ2) is 7.28. The predicted molar refractivity (Wildman–Crippen MR) is 105 cm³/mol. The molecule has 3 nitrogen and oxygen atoms in total. The van der Waals surface area contributed by atoms with E-state index in [1.165, 1.54) is 5.56 Å². The minimum atomic E-state index is 0.770. The molecule has 0 atom stereocenters. The number of rotatable bonds is 5. The van der Waals surface area contributed by atoms with Crippen molar-refractivity contribution in [2.24, 2.45) is 0 Å². The summed E-state index contributed by atoms with van der Waals surface area (Å²) in [5, 5.41) is 0. The number of benzene rings is 3. The number of hydrogen-bond acceptors (Lipinski definition) is 2. The minimum absolute atomic E-state index is 0.770. The Balaban J connectivity index is 1.81. The van der Waals surface area contributed by atoms with Gasteiger partial charge in [-0.3, -0.25) is 0 Å². The fraction of sp³-hybridized carbons (Fsp3) is 0.0870. The Kier molecular flexibility index (Phi) is 4.52. The molecule has 0 fully saturated rings. The molecule has 1 heterocycles. The summed E-state index contributed by atoms with van der Waals surface area (Å²) in [6, 6.07) is 28.9. The summed E-state index contributed by atoms with van der Waals surface area (Å²) < 4.78 is 7.55. The molecule has 0 spiro atoms. The van der Waals surface area contributed by atoms with Crippen LogP contribution in [0, 0.1) is 0 Å². The van der Waals surface area contributed by atoms with E-state index in [1.54, 1.807) is 7.11 Å². The van der Waals surface area contributed by atoms with E-state index in [-0.39, 0.29) is 0 Å². The molecule has 0 aliphatic heterocycles. The standard InChI is InChI=1S/C23H20N2O/c1-26-21-14-12-20(13-15-21)23-24-16-22(19-10-6-3-7-11-19)25(23)17-18-8-4-2-5-9-18/h2-16H,17H2,1H3. The molecule has 0 unspecified atom stereocenters. The highest BCUT2D eigenvalue weighted by molar-refractivity contribution is 5.66. The van der Waals surface area contributed by atoms with E-state index in [2.05, 4.69) is 65.2 Å². The van der Waals surface area contributed by atoms with Gasteiger partial charge in [0.2, 0.25) is 0 Å². The van der Waals surface area contributed by atoms with Crippen molar-refractivity contribution >= 4 is 0 Å². The summed E-state index contributed by atoms with van der Waals surface area (Å²) >= 11 is 0. The van der Waals surface area contributed by atoms with Crippen molar-refractivity contribution in [1.82, 2.24) is 9.55 Å². The van der Waals surface area contributed by atoms with Crippen molar-refractivity contribution < 1.29 is 4.74 Å². The fourth-order valence-corrected chi connectivity index (χ4v) is 3.11. The summed E-state index contributed by atoms with van der Waals surface area (Å²) in [6.07, 6.45) is 1.96. The van der Waals surface area contributed by atoms with Crippen LogP contribution in [-0.2, 0) is 6.54 Å². The van der Waals surface area contributed by atoms with Gasteiger partial charge in [-0.05, 0) is 35.4 Å². The number of aromatic nitrogens is 2. The summed E-state index contributed by atoms with van der Waals surface area (Å²) in [4.78, 5) is 4.74. The summed E-state index contributed by atoms with van der Waals surface area (Å²) in [6.45, 7) is 0.770.